The highest BCUT2D eigenvalue weighted by Gasteiger charge is 2.45. The maximum absolute atomic E-state index is 12.4. The minimum atomic E-state index is -0.480. The second-order valence-corrected chi connectivity index (χ2v) is 8.12. The molecule has 2 heterocycles. The molecule has 0 spiro atoms. The van der Waals surface area contributed by atoms with Crippen molar-refractivity contribution in [1.82, 2.24) is 15.1 Å². The monoisotopic (exact) mass is 346 g/mol. The molecular formula is C18H26N4O3. The molecule has 1 saturated heterocycles. The third-order valence-corrected chi connectivity index (χ3v) is 4.82. The fourth-order valence-corrected chi connectivity index (χ4v) is 3.68. The van der Waals surface area contributed by atoms with E-state index in [1.54, 1.807) is 11.0 Å². The molecule has 2 atom stereocenters. The number of hydrogen-bond donors (Lipinski definition) is 1. The van der Waals surface area contributed by atoms with Crippen molar-refractivity contribution in [2.24, 2.45) is 17.8 Å². The van der Waals surface area contributed by atoms with Gasteiger partial charge >= 0.3 is 6.09 Å². The summed E-state index contributed by atoms with van der Waals surface area (Å²) < 4.78 is 5.44. The number of aryl methyl sites for hydroxylation is 1. The Morgan fingerprint density at radius 2 is 1.80 bits per heavy atom. The van der Waals surface area contributed by atoms with Crippen LogP contribution in [-0.2, 0) is 9.53 Å². The summed E-state index contributed by atoms with van der Waals surface area (Å²) in [6.45, 7) is 8.82. The first-order chi connectivity index (χ1) is 11.7. The van der Waals surface area contributed by atoms with Gasteiger partial charge in [-0.05, 0) is 64.5 Å². The first kappa shape index (κ1) is 17.6. The first-order valence-electron chi connectivity index (χ1n) is 8.80. The van der Waals surface area contributed by atoms with Gasteiger partial charge in [0.15, 0.2) is 5.82 Å². The zero-order valence-electron chi connectivity index (χ0n) is 15.3. The molecule has 7 heteroatoms. The number of amides is 2. The van der Waals surface area contributed by atoms with Crippen LogP contribution >= 0.6 is 0 Å². The van der Waals surface area contributed by atoms with Gasteiger partial charge in [0.1, 0.15) is 5.60 Å². The molecular weight excluding hydrogens is 320 g/mol. The Kier molecular flexibility index (Phi) is 4.67. The number of likely N-dealkylation sites (tertiary alicyclic amines) is 1. The number of rotatable bonds is 2. The van der Waals surface area contributed by atoms with Crippen molar-refractivity contribution in [3.63, 3.8) is 0 Å². The second-order valence-electron chi connectivity index (χ2n) is 8.12. The average Bonchev–Trinajstić information content (AvgIpc) is 3.06. The van der Waals surface area contributed by atoms with Crippen molar-refractivity contribution < 1.29 is 14.3 Å². The molecule has 3 rings (SSSR count). The van der Waals surface area contributed by atoms with Crippen LogP contribution in [0.4, 0.5) is 10.6 Å². The molecule has 2 amide bonds. The van der Waals surface area contributed by atoms with Gasteiger partial charge in [-0.25, -0.2) is 4.79 Å². The molecule has 1 aromatic heterocycles. The molecule has 1 aliphatic heterocycles. The largest absolute Gasteiger partial charge is 0.444 e. The van der Waals surface area contributed by atoms with Crippen LogP contribution in [0, 0.1) is 24.7 Å². The van der Waals surface area contributed by atoms with E-state index >= 15 is 0 Å². The highest BCUT2D eigenvalue weighted by molar-refractivity contribution is 5.91. The van der Waals surface area contributed by atoms with Crippen molar-refractivity contribution in [1.29, 1.82) is 0 Å². The van der Waals surface area contributed by atoms with E-state index in [1.165, 1.54) is 0 Å². The van der Waals surface area contributed by atoms with E-state index in [-0.39, 0.29) is 17.9 Å². The minimum Gasteiger partial charge on any atom is -0.444 e. The summed E-state index contributed by atoms with van der Waals surface area (Å²) >= 11 is 0. The standard InChI is InChI=1S/C18H26N4O3/c1-11-5-6-15(21-20-11)19-16(23)12-7-13-9-22(10-14(13)8-12)17(24)25-18(2,3)4/h5-6,12-14H,7-10H2,1-4H3,(H,19,21,23). The van der Waals surface area contributed by atoms with Gasteiger partial charge in [-0.1, -0.05) is 0 Å². The highest BCUT2D eigenvalue weighted by Crippen LogP contribution is 2.42. The van der Waals surface area contributed by atoms with Crippen LogP contribution in [0.25, 0.3) is 0 Å². The lowest BCUT2D eigenvalue weighted by atomic mass is 10.0. The van der Waals surface area contributed by atoms with Gasteiger partial charge in [-0.15, -0.1) is 5.10 Å². The number of fused-ring (bicyclic) bond motifs is 1. The topological polar surface area (TPSA) is 84.4 Å². The lowest BCUT2D eigenvalue weighted by molar-refractivity contribution is -0.119. The van der Waals surface area contributed by atoms with E-state index in [9.17, 15) is 9.59 Å². The lowest BCUT2D eigenvalue weighted by Gasteiger charge is -2.25. The summed E-state index contributed by atoms with van der Waals surface area (Å²) in [5.74, 6) is 1.19. The summed E-state index contributed by atoms with van der Waals surface area (Å²) in [4.78, 5) is 26.4. The third kappa shape index (κ3) is 4.27. The van der Waals surface area contributed by atoms with Crippen molar-refractivity contribution in [2.75, 3.05) is 18.4 Å². The predicted octanol–water partition coefficient (Wildman–Crippen LogP) is 2.62. The molecule has 1 aromatic rings. The number of nitrogens with one attached hydrogen (secondary N) is 1. The van der Waals surface area contributed by atoms with Crippen LogP contribution in [0.1, 0.15) is 39.3 Å². The van der Waals surface area contributed by atoms with Gasteiger partial charge in [0.25, 0.3) is 0 Å². The number of carbonyl (C=O) groups excluding carboxylic acids is 2. The van der Waals surface area contributed by atoms with Crippen LogP contribution in [0.2, 0.25) is 0 Å². The van der Waals surface area contributed by atoms with Gasteiger partial charge in [0.2, 0.25) is 5.91 Å². The molecule has 7 nitrogen and oxygen atoms in total. The van der Waals surface area contributed by atoms with E-state index in [4.69, 9.17) is 4.74 Å². The maximum Gasteiger partial charge on any atom is 0.410 e. The molecule has 2 unspecified atom stereocenters. The number of ether oxygens (including phenoxy) is 1. The van der Waals surface area contributed by atoms with Gasteiger partial charge in [-0.2, -0.15) is 5.10 Å². The lowest BCUT2D eigenvalue weighted by Crippen LogP contribution is -2.36. The summed E-state index contributed by atoms with van der Waals surface area (Å²) in [7, 11) is 0. The van der Waals surface area contributed by atoms with Crippen LogP contribution in [0.3, 0.4) is 0 Å². The SMILES string of the molecule is Cc1ccc(NC(=O)C2CC3CN(C(=O)OC(C)(C)C)CC3C2)nn1. The number of anilines is 1. The first-order valence-corrected chi connectivity index (χ1v) is 8.80. The molecule has 1 N–H and O–H groups in total. The summed E-state index contributed by atoms with van der Waals surface area (Å²) in [6, 6.07) is 3.59. The molecule has 0 radical (unpaired) electrons. The normalized spacial score (nSPS) is 25.6. The van der Waals surface area contributed by atoms with Crippen LogP contribution in [-0.4, -0.2) is 45.8 Å². The second kappa shape index (κ2) is 6.61. The smallest absolute Gasteiger partial charge is 0.410 e. The zero-order chi connectivity index (χ0) is 18.2. The van der Waals surface area contributed by atoms with Crippen molar-refractivity contribution in [2.45, 2.75) is 46.1 Å². The highest BCUT2D eigenvalue weighted by atomic mass is 16.6. The van der Waals surface area contributed by atoms with E-state index in [2.05, 4.69) is 15.5 Å². The van der Waals surface area contributed by atoms with Gasteiger partial charge < -0.3 is 15.0 Å². The van der Waals surface area contributed by atoms with Crippen LogP contribution < -0.4 is 5.32 Å². The fourth-order valence-electron chi connectivity index (χ4n) is 3.68. The fraction of sp³-hybridized carbons (Fsp3) is 0.667. The van der Waals surface area contributed by atoms with E-state index < -0.39 is 5.60 Å². The summed E-state index contributed by atoms with van der Waals surface area (Å²) in [5.41, 5.74) is 0.336. The Hall–Kier alpha value is -2.18. The molecule has 2 fully saturated rings. The van der Waals surface area contributed by atoms with Crippen molar-refractivity contribution in [3.8, 4) is 0 Å². The Labute approximate surface area is 148 Å². The molecule has 0 bridgehead atoms. The van der Waals surface area contributed by atoms with Crippen molar-refractivity contribution in [3.05, 3.63) is 17.8 Å². The minimum absolute atomic E-state index is 0.00336. The molecule has 1 aliphatic carbocycles. The van der Waals surface area contributed by atoms with E-state index in [0.29, 0.717) is 30.7 Å². The van der Waals surface area contributed by atoms with Gasteiger partial charge in [-0.3, -0.25) is 4.79 Å². The van der Waals surface area contributed by atoms with Gasteiger partial charge in [0.05, 0.1) is 5.69 Å². The Morgan fingerprint density at radius 3 is 2.32 bits per heavy atom. The van der Waals surface area contributed by atoms with E-state index in [0.717, 1.165) is 18.5 Å². The Bertz CT molecular complexity index is 639. The number of nitrogens with zero attached hydrogens (tertiary/aromatic N) is 3. The van der Waals surface area contributed by atoms with Crippen LogP contribution in [0.5, 0.6) is 0 Å². The molecule has 1 saturated carbocycles. The molecule has 25 heavy (non-hydrogen) atoms. The van der Waals surface area contributed by atoms with Gasteiger partial charge in [0, 0.05) is 19.0 Å². The zero-order valence-corrected chi connectivity index (χ0v) is 15.3. The summed E-state index contributed by atoms with van der Waals surface area (Å²) in [5, 5.41) is 10.8. The van der Waals surface area contributed by atoms with Crippen molar-refractivity contribution >= 4 is 17.8 Å². The molecule has 0 aromatic carbocycles. The maximum atomic E-state index is 12.4. The summed E-state index contributed by atoms with van der Waals surface area (Å²) in [6.07, 6.45) is 1.35. The molecule has 136 valence electrons. The molecule has 2 aliphatic rings. The van der Waals surface area contributed by atoms with Crippen LogP contribution in [0.15, 0.2) is 12.1 Å². The predicted molar refractivity (Wildman–Crippen MR) is 92.9 cm³/mol. The number of hydrogen-bond acceptors (Lipinski definition) is 5. The third-order valence-electron chi connectivity index (χ3n) is 4.82. The van der Waals surface area contributed by atoms with E-state index in [1.807, 2.05) is 33.8 Å². The Balaban J connectivity index is 1.51. The Morgan fingerprint density at radius 1 is 1.16 bits per heavy atom. The number of aromatic nitrogens is 2. The number of carbonyl (C=O) groups is 2. The quantitative estimate of drug-likeness (QED) is 0.890. The average molecular weight is 346 g/mol.